The van der Waals surface area contributed by atoms with Crippen molar-refractivity contribution in [2.75, 3.05) is 0 Å². The highest BCUT2D eigenvalue weighted by Crippen LogP contribution is 2.38. The van der Waals surface area contributed by atoms with Crippen LogP contribution in [-0.2, 0) is 10.8 Å². The second-order valence-corrected chi connectivity index (χ2v) is 8.37. The van der Waals surface area contributed by atoms with Crippen LogP contribution in [0.25, 0.3) is 11.1 Å². The number of ether oxygens (including phenoxy) is 2. The minimum absolute atomic E-state index is 0.00108. The first-order chi connectivity index (χ1) is 16.6. The molecule has 0 spiro atoms. The van der Waals surface area contributed by atoms with Gasteiger partial charge in [0.25, 0.3) is 0 Å². The Morgan fingerprint density at radius 3 is 2.20 bits per heavy atom. The van der Waals surface area contributed by atoms with E-state index in [-0.39, 0.29) is 35.5 Å². The summed E-state index contributed by atoms with van der Waals surface area (Å²) in [7, 11) is 0. The van der Waals surface area contributed by atoms with Crippen LogP contribution >= 0.6 is 0 Å². The van der Waals surface area contributed by atoms with Crippen molar-refractivity contribution >= 4 is 0 Å². The topological polar surface area (TPSA) is 18.5 Å². The molecule has 2 nitrogen and oxygen atoms in total. The average Bonchev–Trinajstić information content (AvgIpc) is 3.26. The van der Waals surface area contributed by atoms with Crippen LogP contribution in [0.1, 0.15) is 49.8 Å². The lowest BCUT2D eigenvalue weighted by Crippen LogP contribution is -2.23. The van der Waals surface area contributed by atoms with Crippen LogP contribution in [0.4, 0.5) is 30.7 Å². The molecule has 1 heterocycles. The minimum atomic E-state index is -4.35. The van der Waals surface area contributed by atoms with Crippen LogP contribution in [0.5, 0.6) is 5.75 Å². The second-order valence-electron chi connectivity index (χ2n) is 8.37. The van der Waals surface area contributed by atoms with Crippen LogP contribution in [0, 0.1) is 29.1 Å². The van der Waals surface area contributed by atoms with Crippen molar-refractivity contribution in [1.82, 2.24) is 0 Å². The highest BCUT2D eigenvalue weighted by molar-refractivity contribution is 5.65. The fraction of sp³-hybridized carbons (Fsp3) is 0.308. The minimum Gasteiger partial charge on any atom is -0.429 e. The summed E-state index contributed by atoms with van der Waals surface area (Å²) >= 11 is 0. The van der Waals surface area contributed by atoms with Gasteiger partial charge < -0.3 is 9.47 Å². The number of rotatable bonds is 7. The van der Waals surface area contributed by atoms with Crippen LogP contribution in [0.3, 0.4) is 0 Å². The number of hydrogen-bond acceptors (Lipinski definition) is 2. The fourth-order valence-electron chi connectivity index (χ4n) is 4.16. The first-order valence-electron chi connectivity index (χ1n) is 11.1. The van der Waals surface area contributed by atoms with Crippen molar-refractivity contribution in [2.45, 2.75) is 50.9 Å². The number of alkyl halides is 2. The predicted octanol–water partition coefficient (Wildman–Crippen LogP) is 8.20. The highest BCUT2D eigenvalue weighted by atomic mass is 19.3. The summed E-state index contributed by atoms with van der Waals surface area (Å²) in [5.74, 6) is -8.47. The van der Waals surface area contributed by atoms with E-state index in [2.05, 4.69) is 11.7 Å². The Hall–Kier alpha value is -3.07. The van der Waals surface area contributed by atoms with Gasteiger partial charge in [-0.1, -0.05) is 31.5 Å². The molecule has 3 aromatic carbocycles. The van der Waals surface area contributed by atoms with E-state index in [1.54, 1.807) is 6.07 Å². The maximum absolute atomic E-state index is 14.8. The van der Waals surface area contributed by atoms with Crippen molar-refractivity contribution in [3.8, 4) is 16.9 Å². The van der Waals surface area contributed by atoms with E-state index in [0.29, 0.717) is 17.7 Å². The molecule has 1 saturated heterocycles. The monoisotopic (exact) mass is 498 g/mol. The summed E-state index contributed by atoms with van der Waals surface area (Å²) in [6.07, 6.45) is -0.939. The van der Waals surface area contributed by atoms with Gasteiger partial charge in [-0.05, 0) is 48.6 Å². The predicted molar refractivity (Wildman–Crippen MR) is 114 cm³/mol. The lowest BCUT2D eigenvalue weighted by molar-refractivity contribution is -0.187. The van der Waals surface area contributed by atoms with E-state index in [9.17, 15) is 30.7 Å². The molecule has 186 valence electrons. The van der Waals surface area contributed by atoms with Crippen LogP contribution in [0.2, 0.25) is 0 Å². The van der Waals surface area contributed by atoms with Gasteiger partial charge in [-0.3, -0.25) is 0 Å². The summed E-state index contributed by atoms with van der Waals surface area (Å²) in [5.41, 5.74) is -0.610. The number of benzene rings is 3. The van der Waals surface area contributed by atoms with E-state index in [1.165, 1.54) is 12.1 Å². The summed E-state index contributed by atoms with van der Waals surface area (Å²) in [5, 5.41) is 0. The molecule has 0 radical (unpaired) electrons. The normalized spacial score (nSPS) is 18.2. The van der Waals surface area contributed by atoms with Crippen LogP contribution in [-0.4, -0.2) is 6.10 Å². The zero-order valence-electron chi connectivity index (χ0n) is 18.6. The molecule has 0 aliphatic carbocycles. The summed E-state index contributed by atoms with van der Waals surface area (Å²) in [6.45, 7) is 2.06. The lowest BCUT2D eigenvalue weighted by Gasteiger charge is -2.19. The number of halogens is 7. The maximum Gasteiger partial charge on any atom is 0.429 e. The smallest absolute Gasteiger partial charge is 0.429 e. The Morgan fingerprint density at radius 1 is 0.857 bits per heavy atom. The summed E-state index contributed by atoms with van der Waals surface area (Å²) < 4.78 is 108. The van der Waals surface area contributed by atoms with Crippen molar-refractivity contribution in [3.05, 3.63) is 88.7 Å². The van der Waals surface area contributed by atoms with Gasteiger partial charge in [0.05, 0.1) is 17.8 Å². The van der Waals surface area contributed by atoms with Gasteiger partial charge in [0, 0.05) is 17.7 Å². The maximum atomic E-state index is 14.8. The molecule has 0 bridgehead atoms. The molecular weight excluding hydrogens is 477 g/mol. The van der Waals surface area contributed by atoms with E-state index >= 15 is 0 Å². The largest absolute Gasteiger partial charge is 0.429 e. The quantitative estimate of drug-likeness (QED) is 0.242. The standard InChI is InChI=1S/C26H21F7O2/c1-2-3-16-6-9-24(34-16)15-4-7-18(20(27)11-15)14-5-8-19(21(28)10-14)26(32,33)35-17-12-22(29)25(31)23(30)13-17/h4-5,7-8,10-13,16,24H,2-3,6,9H2,1H3. The van der Waals surface area contributed by atoms with Crippen molar-refractivity contribution < 1.29 is 40.2 Å². The van der Waals surface area contributed by atoms with Gasteiger partial charge in [-0.25, -0.2) is 22.0 Å². The fourth-order valence-corrected chi connectivity index (χ4v) is 4.16. The molecule has 0 N–H and O–H groups in total. The van der Waals surface area contributed by atoms with Crippen LogP contribution < -0.4 is 4.74 Å². The highest BCUT2D eigenvalue weighted by Gasteiger charge is 2.38. The Labute approximate surface area is 197 Å². The molecule has 0 amide bonds. The lowest BCUT2D eigenvalue weighted by atomic mass is 9.98. The van der Waals surface area contributed by atoms with E-state index in [0.717, 1.165) is 31.7 Å². The first-order valence-corrected chi connectivity index (χ1v) is 11.1. The van der Waals surface area contributed by atoms with E-state index < -0.39 is 46.5 Å². The Morgan fingerprint density at radius 2 is 1.57 bits per heavy atom. The van der Waals surface area contributed by atoms with Gasteiger partial charge in [0.15, 0.2) is 17.5 Å². The molecule has 1 fully saturated rings. The molecule has 3 aromatic rings. The SMILES string of the molecule is CCCC1CCC(c2ccc(-c3ccc(C(F)(F)Oc4cc(F)c(F)c(F)c4)c(F)c3)c(F)c2)O1. The molecule has 0 aromatic heterocycles. The summed E-state index contributed by atoms with van der Waals surface area (Å²) in [4.78, 5) is 0. The molecule has 2 atom stereocenters. The van der Waals surface area contributed by atoms with Crippen molar-refractivity contribution in [1.29, 1.82) is 0 Å². The Bertz CT molecular complexity index is 1210. The zero-order valence-corrected chi connectivity index (χ0v) is 18.6. The second kappa shape index (κ2) is 9.89. The third-order valence-electron chi connectivity index (χ3n) is 5.88. The Balaban J connectivity index is 1.55. The van der Waals surface area contributed by atoms with Gasteiger partial charge in [0.2, 0.25) is 0 Å². The average molecular weight is 498 g/mol. The van der Waals surface area contributed by atoms with Gasteiger partial charge >= 0.3 is 6.11 Å². The third-order valence-corrected chi connectivity index (χ3v) is 5.88. The molecule has 9 heteroatoms. The molecule has 0 saturated carbocycles. The Kier molecular flexibility index (Phi) is 7.07. The number of hydrogen-bond donors (Lipinski definition) is 0. The van der Waals surface area contributed by atoms with Gasteiger partial charge in [0.1, 0.15) is 17.4 Å². The molecule has 4 rings (SSSR count). The van der Waals surface area contributed by atoms with Crippen molar-refractivity contribution in [2.24, 2.45) is 0 Å². The van der Waals surface area contributed by atoms with Crippen molar-refractivity contribution in [3.63, 3.8) is 0 Å². The zero-order chi connectivity index (χ0) is 25.3. The first kappa shape index (κ1) is 25.0. The van der Waals surface area contributed by atoms with E-state index in [4.69, 9.17) is 4.74 Å². The van der Waals surface area contributed by atoms with Gasteiger partial charge in [-0.2, -0.15) is 8.78 Å². The molecule has 1 aliphatic heterocycles. The van der Waals surface area contributed by atoms with E-state index in [1.807, 2.05) is 0 Å². The molecule has 1 aliphatic rings. The molecular formula is C26H21F7O2. The third kappa shape index (κ3) is 5.29. The van der Waals surface area contributed by atoms with Crippen LogP contribution in [0.15, 0.2) is 48.5 Å². The molecule has 35 heavy (non-hydrogen) atoms. The molecule has 2 unspecified atom stereocenters. The van der Waals surface area contributed by atoms with Gasteiger partial charge in [-0.15, -0.1) is 0 Å². The summed E-state index contributed by atoms with van der Waals surface area (Å²) in [6, 6.07) is 7.26.